The van der Waals surface area contributed by atoms with Crippen molar-refractivity contribution in [3.05, 3.63) is 75.5 Å². The molecule has 5 nitrogen and oxygen atoms in total. The van der Waals surface area contributed by atoms with Gasteiger partial charge >= 0.3 is 0 Å². The second-order valence-corrected chi connectivity index (χ2v) is 6.95. The maximum atomic E-state index is 11.9. The van der Waals surface area contributed by atoms with Crippen LogP contribution in [0.25, 0.3) is 11.3 Å². The van der Waals surface area contributed by atoms with E-state index in [0.29, 0.717) is 27.3 Å². The minimum Gasteiger partial charge on any atom is -0.483 e. The van der Waals surface area contributed by atoms with Crippen molar-refractivity contribution in [2.24, 2.45) is 5.10 Å². The minimum absolute atomic E-state index is 0.129. The lowest BCUT2D eigenvalue weighted by Gasteiger charge is -2.10. The summed E-state index contributed by atoms with van der Waals surface area (Å²) < 4.78 is 11.3. The van der Waals surface area contributed by atoms with Gasteiger partial charge in [-0.05, 0) is 55.3 Å². The average molecular weight is 417 g/mol. The Labute approximate surface area is 172 Å². The van der Waals surface area contributed by atoms with Crippen LogP contribution in [0.4, 0.5) is 0 Å². The Hall–Kier alpha value is -2.76. The molecule has 0 aliphatic carbocycles. The van der Waals surface area contributed by atoms with Crippen LogP contribution in [0.2, 0.25) is 10.0 Å². The highest BCUT2D eigenvalue weighted by Gasteiger charge is 2.08. The summed E-state index contributed by atoms with van der Waals surface area (Å²) in [6.45, 7) is 3.73. The zero-order valence-electron chi connectivity index (χ0n) is 15.3. The topological polar surface area (TPSA) is 63.8 Å². The van der Waals surface area contributed by atoms with Crippen LogP contribution < -0.4 is 10.2 Å². The third-order valence-electron chi connectivity index (χ3n) is 3.97. The fourth-order valence-corrected chi connectivity index (χ4v) is 2.89. The van der Waals surface area contributed by atoms with Gasteiger partial charge in [-0.2, -0.15) is 5.10 Å². The molecule has 0 aliphatic heterocycles. The van der Waals surface area contributed by atoms with Crippen molar-refractivity contribution >= 4 is 35.3 Å². The Kier molecular flexibility index (Phi) is 6.39. The molecule has 0 saturated heterocycles. The van der Waals surface area contributed by atoms with Crippen LogP contribution in [-0.4, -0.2) is 18.7 Å². The summed E-state index contributed by atoms with van der Waals surface area (Å²) in [6, 6.07) is 14.6. The van der Waals surface area contributed by atoms with Crippen molar-refractivity contribution < 1.29 is 13.9 Å². The number of furan rings is 1. The zero-order valence-corrected chi connectivity index (χ0v) is 16.8. The summed E-state index contributed by atoms with van der Waals surface area (Å²) in [5.41, 5.74) is 5.15. The van der Waals surface area contributed by atoms with Crippen LogP contribution in [0.5, 0.6) is 5.75 Å². The molecule has 144 valence electrons. The first-order chi connectivity index (χ1) is 13.4. The molecule has 28 heavy (non-hydrogen) atoms. The van der Waals surface area contributed by atoms with E-state index in [4.69, 9.17) is 32.4 Å². The molecule has 0 radical (unpaired) electrons. The molecule has 1 N–H and O–H groups in total. The van der Waals surface area contributed by atoms with E-state index in [1.54, 1.807) is 30.3 Å². The number of benzene rings is 2. The molecule has 0 aliphatic rings. The van der Waals surface area contributed by atoms with Crippen molar-refractivity contribution in [2.75, 3.05) is 6.61 Å². The summed E-state index contributed by atoms with van der Waals surface area (Å²) in [6.07, 6.45) is 1.41. The van der Waals surface area contributed by atoms with Gasteiger partial charge in [-0.25, -0.2) is 5.43 Å². The highest BCUT2D eigenvalue weighted by Crippen LogP contribution is 2.29. The molecule has 1 heterocycles. The number of nitrogens with one attached hydrogen (secondary N) is 1. The summed E-state index contributed by atoms with van der Waals surface area (Å²) in [7, 11) is 0. The van der Waals surface area contributed by atoms with Crippen LogP contribution in [-0.2, 0) is 4.79 Å². The smallest absolute Gasteiger partial charge is 0.277 e. The minimum atomic E-state index is -0.366. The van der Waals surface area contributed by atoms with Gasteiger partial charge in [-0.15, -0.1) is 0 Å². The second-order valence-electron chi connectivity index (χ2n) is 6.13. The number of amides is 1. The Bertz CT molecular complexity index is 1010. The van der Waals surface area contributed by atoms with E-state index in [9.17, 15) is 4.79 Å². The first-order valence-corrected chi connectivity index (χ1v) is 9.26. The number of hydrogen-bond acceptors (Lipinski definition) is 4. The number of carbonyl (C=O) groups excluding carboxylic acids is 1. The van der Waals surface area contributed by atoms with Crippen LogP contribution >= 0.6 is 23.2 Å². The van der Waals surface area contributed by atoms with E-state index in [2.05, 4.69) is 10.5 Å². The summed E-state index contributed by atoms with van der Waals surface area (Å²) in [5, 5.41) is 4.81. The number of aryl methyl sites for hydroxylation is 2. The van der Waals surface area contributed by atoms with Gasteiger partial charge < -0.3 is 9.15 Å². The first-order valence-electron chi connectivity index (χ1n) is 8.50. The molecule has 2 aromatic carbocycles. The number of ether oxygens (including phenoxy) is 1. The fourth-order valence-electron chi connectivity index (χ4n) is 2.59. The largest absolute Gasteiger partial charge is 0.483 e. The van der Waals surface area contributed by atoms with Gasteiger partial charge in [0.05, 0.1) is 16.3 Å². The van der Waals surface area contributed by atoms with Crippen LogP contribution in [0.1, 0.15) is 16.9 Å². The van der Waals surface area contributed by atoms with E-state index in [1.807, 2.05) is 32.0 Å². The number of halogens is 2. The molecule has 0 unspecified atom stereocenters. The molecule has 7 heteroatoms. The maximum absolute atomic E-state index is 11.9. The van der Waals surface area contributed by atoms with E-state index >= 15 is 0 Å². The maximum Gasteiger partial charge on any atom is 0.277 e. The molecule has 1 amide bonds. The Morgan fingerprint density at radius 2 is 1.86 bits per heavy atom. The van der Waals surface area contributed by atoms with E-state index in [0.717, 1.165) is 16.7 Å². The Morgan fingerprint density at radius 1 is 1.11 bits per heavy atom. The van der Waals surface area contributed by atoms with E-state index < -0.39 is 0 Å². The van der Waals surface area contributed by atoms with Crippen LogP contribution in [0.15, 0.2) is 58.0 Å². The SMILES string of the molecule is Cc1cccc(C)c1OCC(=O)N/N=C/c1ccc(-c2ccc(Cl)c(Cl)c2)o1. The Balaban J connectivity index is 1.55. The monoisotopic (exact) mass is 416 g/mol. The fraction of sp³-hybridized carbons (Fsp3) is 0.143. The lowest BCUT2D eigenvalue weighted by Crippen LogP contribution is -2.24. The normalized spacial score (nSPS) is 11.0. The number of carbonyl (C=O) groups is 1. The number of para-hydroxylation sites is 1. The number of hydrazone groups is 1. The van der Waals surface area contributed by atoms with Crippen molar-refractivity contribution in [1.82, 2.24) is 5.43 Å². The summed E-state index contributed by atoms with van der Waals surface area (Å²) in [4.78, 5) is 11.9. The quantitative estimate of drug-likeness (QED) is 0.432. The molecule has 0 bridgehead atoms. The van der Waals surface area contributed by atoms with Crippen molar-refractivity contribution in [3.63, 3.8) is 0 Å². The predicted molar refractivity (Wildman–Crippen MR) is 111 cm³/mol. The molecule has 0 atom stereocenters. The first kappa shape index (κ1) is 20.0. The highest BCUT2D eigenvalue weighted by molar-refractivity contribution is 6.42. The van der Waals surface area contributed by atoms with E-state index in [1.165, 1.54) is 6.21 Å². The molecular formula is C21H18Cl2N2O3. The molecule has 3 rings (SSSR count). The third kappa shape index (κ3) is 4.94. The molecule has 3 aromatic rings. The van der Waals surface area contributed by atoms with Crippen LogP contribution in [0, 0.1) is 13.8 Å². The van der Waals surface area contributed by atoms with Crippen molar-refractivity contribution in [1.29, 1.82) is 0 Å². The van der Waals surface area contributed by atoms with Gasteiger partial charge in [0.1, 0.15) is 17.3 Å². The molecular weight excluding hydrogens is 399 g/mol. The summed E-state index contributed by atoms with van der Waals surface area (Å²) in [5.74, 6) is 1.44. The van der Waals surface area contributed by atoms with Crippen molar-refractivity contribution in [3.8, 4) is 17.1 Å². The molecule has 0 fully saturated rings. The van der Waals surface area contributed by atoms with Crippen molar-refractivity contribution in [2.45, 2.75) is 13.8 Å². The number of nitrogens with zero attached hydrogens (tertiary/aromatic N) is 1. The van der Waals surface area contributed by atoms with Gasteiger partial charge in [0.2, 0.25) is 0 Å². The Morgan fingerprint density at radius 3 is 2.57 bits per heavy atom. The van der Waals surface area contributed by atoms with Gasteiger partial charge in [0.15, 0.2) is 6.61 Å². The lowest BCUT2D eigenvalue weighted by atomic mass is 10.1. The van der Waals surface area contributed by atoms with Gasteiger partial charge in [0.25, 0.3) is 5.91 Å². The number of rotatable bonds is 6. The standard InChI is InChI=1S/C21H18Cl2N2O3/c1-13-4-3-5-14(2)21(13)27-12-20(26)25-24-11-16-7-9-19(28-16)15-6-8-17(22)18(23)10-15/h3-11H,12H2,1-2H3,(H,25,26)/b24-11+. The average Bonchev–Trinajstić information content (AvgIpc) is 3.12. The number of hydrogen-bond donors (Lipinski definition) is 1. The van der Waals surface area contributed by atoms with Crippen LogP contribution in [0.3, 0.4) is 0 Å². The van der Waals surface area contributed by atoms with E-state index in [-0.39, 0.29) is 12.5 Å². The molecule has 0 saturated carbocycles. The third-order valence-corrected chi connectivity index (χ3v) is 4.71. The highest BCUT2D eigenvalue weighted by atomic mass is 35.5. The second kappa shape index (κ2) is 8.95. The lowest BCUT2D eigenvalue weighted by molar-refractivity contribution is -0.123. The van der Waals surface area contributed by atoms with Gasteiger partial charge in [-0.3, -0.25) is 4.79 Å². The zero-order chi connectivity index (χ0) is 20.1. The van der Waals surface area contributed by atoms with Gasteiger partial charge in [-0.1, -0.05) is 41.4 Å². The molecule has 0 spiro atoms. The predicted octanol–water partition coefficient (Wildman–Crippen LogP) is 5.40. The molecule has 1 aromatic heterocycles. The summed E-state index contributed by atoms with van der Waals surface area (Å²) >= 11 is 11.9. The van der Waals surface area contributed by atoms with Gasteiger partial charge in [0, 0.05) is 5.56 Å².